The molecule has 6 saturated heterocycles. The van der Waals surface area contributed by atoms with E-state index in [1.54, 1.807) is 48.5 Å². The maximum Gasteiger partial charge on any atom is 0.662 e. The summed E-state index contributed by atoms with van der Waals surface area (Å²) < 4.78 is 130. The number of unbranched alkanes of at least 4 members (excludes halogenated alkanes) is 13. The monoisotopic (exact) mass is 1010 g/mol. The molecule has 0 aromatic carbocycles. The van der Waals surface area contributed by atoms with Gasteiger partial charge >= 0.3 is 78.1 Å². The van der Waals surface area contributed by atoms with Gasteiger partial charge in [0.1, 0.15) is 6.04 Å². The molecule has 0 spiro atoms. The minimum atomic E-state index is -4.90. The molecule has 0 aromatic heterocycles. The molecule has 6 fully saturated rings. The van der Waals surface area contributed by atoms with Gasteiger partial charge in [-0.15, -0.1) is 0 Å². The Morgan fingerprint density at radius 3 is 0.803 bits per heavy atom. The van der Waals surface area contributed by atoms with E-state index in [4.69, 9.17) is 85.1 Å². The molecule has 6 aliphatic heterocycles. The minimum absolute atomic E-state index is 0.0346. The Bertz CT molecular complexity index is 1220. The van der Waals surface area contributed by atoms with E-state index in [1.165, 1.54) is 64.2 Å². The average Bonchev–Trinajstić information content (AvgIpc) is 3.14. The van der Waals surface area contributed by atoms with E-state index in [9.17, 15) is 4.79 Å². The molecular formula is C32H70O21Si8. The fraction of sp³-hybridized carbons (Fsp3) is 0.969. The minimum Gasteiger partial charge on any atom is -0.466 e. The number of carbonyl (C=O) groups excluding carboxylic acids is 1. The highest BCUT2D eigenvalue weighted by Gasteiger charge is 2.90. The quantitative estimate of drug-likeness (QED) is 0.0477. The molecule has 8 bridgehead atoms. The van der Waals surface area contributed by atoms with Gasteiger partial charge in [0.2, 0.25) is 0 Å². The first kappa shape index (κ1) is 52.4. The van der Waals surface area contributed by atoms with Crippen LogP contribution in [-0.2, 0) is 89.9 Å². The summed E-state index contributed by atoms with van der Waals surface area (Å²) >= 11 is 0. The molecule has 6 rings (SSSR count). The van der Waals surface area contributed by atoms with E-state index in [1.807, 2.05) is 0 Å². The predicted molar refractivity (Wildman–Crippen MR) is 227 cm³/mol. The van der Waals surface area contributed by atoms with E-state index in [0.717, 1.165) is 19.3 Å². The van der Waals surface area contributed by atoms with E-state index in [0.29, 0.717) is 6.42 Å². The van der Waals surface area contributed by atoms with Crippen LogP contribution in [0.5, 0.6) is 0 Å². The number of hydrogen-bond acceptors (Lipinski definition) is 21. The summed E-state index contributed by atoms with van der Waals surface area (Å²) in [5.41, 5.74) is 0. The average molecular weight is 1020 g/mol. The second-order valence-corrected chi connectivity index (χ2v) is 35.0. The van der Waals surface area contributed by atoms with Crippen molar-refractivity contribution in [3.05, 3.63) is 0 Å². The first-order valence-corrected chi connectivity index (χ1v) is 35.8. The largest absolute Gasteiger partial charge is 0.662 e. The lowest BCUT2D eigenvalue weighted by molar-refractivity contribution is -0.155. The highest BCUT2D eigenvalue weighted by atomic mass is 28.6. The molecule has 6 aliphatic rings. The Balaban J connectivity index is 1.43. The van der Waals surface area contributed by atoms with Crippen molar-refractivity contribution in [2.45, 2.75) is 151 Å². The van der Waals surface area contributed by atoms with Crippen LogP contribution in [0.25, 0.3) is 0 Å². The van der Waals surface area contributed by atoms with Gasteiger partial charge in [-0.05, 0) is 54.9 Å². The smallest absolute Gasteiger partial charge is 0.466 e. The summed E-state index contributed by atoms with van der Waals surface area (Å²) in [6, 6.07) is -0.654. The van der Waals surface area contributed by atoms with Crippen LogP contribution >= 0.6 is 0 Å². The summed E-state index contributed by atoms with van der Waals surface area (Å²) in [5.74, 6) is -0.734. The van der Waals surface area contributed by atoms with Crippen molar-refractivity contribution in [2.24, 2.45) is 0 Å². The first-order chi connectivity index (χ1) is 29.4. The zero-order chi connectivity index (χ0) is 44.0. The number of hydrogen-bond donors (Lipinski definition) is 0. The van der Waals surface area contributed by atoms with Crippen molar-refractivity contribution >= 4 is 78.1 Å². The van der Waals surface area contributed by atoms with Crippen molar-refractivity contribution in [3.8, 4) is 0 Å². The SMILES string of the molecule is CCCCCCCCCCCCCCCCOC(=O)C[Si]12O[Si]3(OCC)O[Si]4(OCC)O[Si](OCC)(O1)O[Si]1(OCC)O[Si](OCC)(O2)O[Si](OCC)(O3)O[Si](OCC)(O4)O1. The highest BCUT2D eigenvalue weighted by Crippen LogP contribution is 2.50. The summed E-state index contributed by atoms with van der Waals surface area (Å²) in [5, 5.41) is 0. The third-order valence-corrected chi connectivity index (χ3v) is 39.4. The van der Waals surface area contributed by atoms with Crippen LogP contribution in [-0.4, -0.2) is 131 Å². The van der Waals surface area contributed by atoms with Gasteiger partial charge in [0.05, 0.1) is 6.61 Å². The molecule has 29 heteroatoms. The van der Waals surface area contributed by atoms with Crippen LogP contribution in [0.3, 0.4) is 0 Å². The van der Waals surface area contributed by atoms with Gasteiger partial charge < -0.3 is 85.1 Å². The molecule has 0 saturated carbocycles. The van der Waals surface area contributed by atoms with Crippen molar-refractivity contribution in [3.63, 3.8) is 0 Å². The third kappa shape index (κ3) is 13.8. The van der Waals surface area contributed by atoms with Gasteiger partial charge in [-0.25, -0.2) is 0 Å². The van der Waals surface area contributed by atoms with Crippen LogP contribution in [0.2, 0.25) is 6.04 Å². The van der Waals surface area contributed by atoms with E-state index >= 15 is 0 Å². The molecule has 0 unspecified atom stereocenters. The summed E-state index contributed by atoms with van der Waals surface area (Å²) in [6.45, 7) is 13.8. The number of ether oxygens (including phenoxy) is 1. The van der Waals surface area contributed by atoms with Gasteiger partial charge in [0.15, 0.2) is 0 Å². The maximum atomic E-state index is 14.0. The molecule has 0 N–H and O–H groups in total. The van der Waals surface area contributed by atoms with Crippen LogP contribution in [0, 0.1) is 0 Å². The molecule has 21 nitrogen and oxygen atoms in total. The lowest BCUT2D eigenvalue weighted by Gasteiger charge is -2.58. The van der Waals surface area contributed by atoms with Gasteiger partial charge in [-0.2, -0.15) is 0 Å². The van der Waals surface area contributed by atoms with Crippen molar-refractivity contribution in [1.29, 1.82) is 0 Å². The van der Waals surface area contributed by atoms with Gasteiger partial charge in [0, 0.05) is 46.2 Å². The normalized spacial score (nSPS) is 36.7. The second kappa shape index (κ2) is 23.9. The molecule has 356 valence electrons. The summed E-state index contributed by atoms with van der Waals surface area (Å²) in [4.78, 5) is 14.0. The molecule has 0 radical (unpaired) electrons. The third-order valence-electron chi connectivity index (χ3n) is 9.46. The van der Waals surface area contributed by atoms with Crippen molar-refractivity contribution in [1.82, 2.24) is 0 Å². The standard InChI is InChI=1S/C32H70O21Si8/c1-9-17-18-19-20-21-22-23-24-25-26-27-28-29-30-34-32(33)31-54-42-55(35-10-2)45-58(38-13-5)47-56(43-54,36-11-3)49-60(40-15-7)50-57(44-54,37-12-4)48-59(46-55,39-14-6)52-61(51-58,53-60)41-16-8/h9-31H2,1-8H3. The Labute approximate surface area is 370 Å². The molecule has 0 amide bonds. The Morgan fingerprint density at radius 1 is 0.328 bits per heavy atom. The van der Waals surface area contributed by atoms with E-state index < -0.39 is 84.2 Å². The maximum absolute atomic E-state index is 14.0. The van der Waals surface area contributed by atoms with Gasteiger partial charge in [-0.1, -0.05) is 90.4 Å². The van der Waals surface area contributed by atoms with Crippen LogP contribution in [0.4, 0.5) is 0 Å². The molecule has 61 heavy (non-hydrogen) atoms. The highest BCUT2D eigenvalue weighted by molar-refractivity contribution is 6.98. The first-order valence-electron chi connectivity index (χ1n) is 22.4. The number of rotatable bonds is 31. The Hall–Kier alpha value is 0.445. The van der Waals surface area contributed by atoms with Crippen LogP contribution < -0.4 is 0 Å². The summed E-state index contributed by atoms with van der Waals surface area (Å²) in [7, 11) is -38.9. The topological polar surface area (TPSA) is 202 Å². The number of carbonyl (C=O) groups is 1. The zero-order valence-corrected chi connectivity index (χ0v) is 45.3. The van der Waals surface area contributed by atoms with Gasteiger partial charge in [-0.3, -0.25) is 4.79 Å². The van der Waals surface area contributed by atoms with E-state index in [-0.39, 0.29) is 52.9 Å². The second-order valence-electron chi connectivity index (χ2n) is 14.4. The molecule has 6 heterocycles. The lowest BCUT2D eigenvalue weighted by atomic mass is 10.0. The lowest BCUT2D eigenvalue weighted by Crippen LogP contribution is -2.90. The van der Waals surface area contributed by atoms with Crippen molar-refractivity contribution in [2.75, 3.05) is 52.9 Å². The summed E-state index contributed by atoms with van der Waals surface area (Å²) in [6.07, 6.45) is 16.7. The zero-order valence-electron chi connectivity index (χ0n) is 37.3. The predicted octanol–water partition coefficient (Wildman–Crippen LogP) is 5.52. The molecule has 0 atom stereocenters. The molecule has 0 aromatic rings. The Morgan fingerprint density at radius 2 is 0.557 bits per heavy atom. The Kier molecular flexibility index (Phi) is 20.6. The van der Waals surface area contributed by atoms with Crippen LogP contribution in [0.15, 0.2) is 0 Å². The van der Waals surface area contributed by atoms with Gasteiger partial charge in [0.25, 0.3) is 0 Å². The molecule has 0 aliphatic carbocycles. The fourth-order valence-corrected chi connectivity index (χ4v) is 44.5. The van der Waals surface area contributed by atoms with E-state index in [2.05, 4.69) is 6.92 Å². The number of esters is 1. The fourth-order valence-electron chi connectivity index (χ4n) is 7.12. The van der Waals surface area contributed by atoms with Crippen LogP contribution in [0.1, 0.15) is 145 Å². The van der Waals surface area contributed by atoms with Crippen molar-refractivity contribution < 1.29 is 89.9 Å². The molecular weight excluding hydrogens is 945 g/mol.